The van der Waals surface area contributed by atoms with E-state index in [2.05, 4.69) is 0 Å². The molecule has 0 radical (unpaired) electrons. The van der Waals surface area contributed by atoms with Crippen molar-refractivity contribution < 1.29 is 39.3 Å². The van der Waals surface area contributed by atoms with Crippen molar-refractivity contribution in [1.29, 1.82) is 0 Å². The van der Waals surface area contributed by atoms with Crippen LogP contribution in [0.5, 0.6) is 0 Å². The molecule has 0 unspecified atom stereocenters. The number of hydrogen-bond acceptors (Lipinski definition) is 2. The number of aliphatic carboxylic acids is 2. The van der Waals surface area contributed by atoms with E-state index in [4.69, 9.17) is 10.2 Å². The van der Waals surface area contributed by atoms with E-state index in [1.165, 1.54) is 0 Å². The van der Waals surface area contributed by atoms with Crippen LogP contribution in [0, 0.1) is 0 Å². The Morgan fingerprint density at radius 1 is 0.917 bits per heavy atom. The number of carbonyl (C=O) groups is 2. The Hall–Kier alpha value is -0.477. The Bertz CT molecular complexity index is 124. The van der Waals surface area contributed by atoms with Crippen LogP contribution >= 0.6 is 0 Å². The van der Waals surface area contributed by atoms with Crippen molar-refractivity contribution in [2.75, 3.05) is 0 Å². The smallest absolute Gasteiger partial charge is 0.303 e. The standard InChI is InChI=1S/C6H10O4.H2N.Zn/c7-5(8)3-1-2-4-6(9)10;;/h1-4H2,(H,7,8)(H,9,10);1H2;/q;-1;. The summed E-state index contributed by atoms with van der Waals surface area (Å²) in [6, 6.07) is 0. The second kappa shape index (κ2) is 10.5. The van der Waals surface area contributed by atoms with Gasteiger partial charge in [-0.05, 0) is 12.8 Å². The van der Waals surface area contributed by atoms with E-state index >= 15 is 0 Å². The van der Waals surface area contributed by atoms with Crippen LogP contribution in [0.3, 0.4) is 0 Å². The van der Waals surface area contributed by atoms with E-state index in [1.807, 2.05) is 0 Å². The zero-order valence-corrected chi connectivity index (χ0v) is 9.79. The number of carboxylic acids is 2. The molecule has 0 aromatic carbocycles. The van der Waals surface area contributed by atoms with E-state index in [1.54, 1.807) is 0 Å². The molecule has 5 nitrogen and oxygen atoms in total. The molecule has 0 spiro atoms. The van der Waals surface area contributed by atoms with Crippen molar-refractivity contribution in [1.82, 2.24) is 0 Å². The number of rotatable bonds is 5. The average molecular weight is 228 g/mol. The Labute approximate surface area is 83.5 Å². The monoisotopic (exact) mass is 226 g/mol. The Balaban J connectivity index is -0.000000405. The Morgan fingerprint density at radius 3 is 1.33 bits per heavy atom. The molecular formula is C6H12NO4Zn-. The second-order valence-corrected chi connectivity index (χ2v) is 1.99. The van der Waals surface area contributed by atoms with Crippen molar-refractivity contribution in [2.45, 2.75) is 25.7 Å². The van der Waals surface area contributed by atoms with Gasteiger partial charge >= 0.3 is 11.9 Å². The van der Waals surface area contributed by atoms with Gasteiger partial charge < -0.3 is 16.4 Å². The van der Waals surface area contributed by atoms with Crippen LogP contribution in [-0.4, -0.2) is 22.2 Å². The fraction of sp³-hybridized carbons (Fsp3) is 0.667. The maximum Gasteiger partial charge on any atom is 0.303 e. The van der Waals surface area contributed by atoms with E-state index < -0.39 is 11.9 Å². The van der Waals surface area contributed by atoms with Crippen LogP contribution in [0.25, 0.3) is 6.15 Å². The molecule has 0 rings (SSSR count). The molecule has 0 amide bonds. The number of unbranched alkanes of at least 4 members (excludes halogenated alkanes) is 1. The zero-order valence-electron chi connectivity index (χ0n) is 6.82. The van der Waals surface area contributed by atoms with Gasteiger partial charge in [-0.1, -0.05) is 0 Å². The van der Waals surface area contributed by atoms with E-state index in [0.29, 0.717) is 12.8 Å². The second-order valence-electron chi connectivity index (χ2n) is 1.99. The minimum atomic E-state index is -0.870. The van der Waals surface area contributed by atoms with Crippen LogP contribution in [0.15, 0.2) is 0 Å². The van der Waals surface area contributed by atoms with Gasteiger partial charge in [0.1, 0.15) is 0 Å². The summed E-state index contributed by atoms with van der Waals surface area (Å²) >= 11 is 0. The molecule has 0 atom stereocenters. The van der Waals surface area contributed by atoms with E-state index in [9.17, 15) is 9.59 Å². The third kappa shape index (κ3) is 16.3. The number of hydrogen-bond donors (Lipinski definition) is 2. The van der Waals surface area contributed by atoms with Crippen molar-refractivity contribution in [3.63, 3.8) is 0 Å². The zero-order chi connectivity index (χ0) is 7.98. The first-order valence-electron chi connectivity index (χ1n) is 3.06. The van der Waals surface area contributed by atoms with Gasteiger partial charge in [0.15, 0.2) is 0 Å². The van der Waals surface area contributed by atoms with Gasteiger partial charge in [-0.25, -0.2) is 0 Å². The van der Waals surface area contributed by atoms with Crippen molar-refractivity contribution >= 4 is 11.9 Å². The Kier molecular flexibility index (Phi) is 15.4. The molecule has 0 saturated carbocycles. The summed E-state index contributed by atoms with van der Waals surface area (Å²) in [5.41, 5.74) is 0. The van der Waals surface area contributed by atoms with Crippen LogP contribution in [0.4, 0.5) is 0 Å². The molecule has 0 saturated heterocycles. The van der Waals surface area contributed by atoms with Gasteiger partial charge in [0.05, 0.1) is 0 Å². The summed E-state index contributed by atoms with van der Waals surface area (Å²) in [5, 5.41) is 16.3. The first kappa shape index (κ1) is 17.6. The normalized spacial score (nSPS) is 7.67. The topological polar surface area (TPSA) is 108 Å². The molecule has 0 aliphatic carbocycles. The van der Waals surface area contributed by atoms with Gasteiger partial charge in [-0.2, -0.15) is 0 Å². The molecular weight excluding hydrogens is 215 g/mol. The fourth-order valence-corrected chi connectivity index (χ4v) is 0.552. The first-order chi connectivity index (χ1) is 4.63. The molecule has 12 heavy (non-hydrogen) atoms. The molecule has 0 aliphatic heterocycles. The number of nitrogens with two attached hydrogens (primary N) is 1. The van der Waals surface area contributed by atoms with Crippen molar-refractivity contribution in [3.05, 3.63) is 6.15 Å². The third-order valence-corrected chi connectivity index (χ3v) is 1.03. The van der Waals surface area contributed by atoms with E-state index in [-0.39, 0.29) is 38.5 Å². The minimum Gasteiger partial charge on any atom is -0.693 e. The summed E-state index contributed by atoms with van der Waals surface area (Å²) in [4.78, 5) is 19.8. The van der Waals surface area contributed by atoms with Crippen LogP contribution in [-0.2, 0) is 29.1 Å². The molecule has 0 aliphatic rings. The SMILES string of the molecule is O=C(O)CCCCC(=O)O.[NH2-].[Zn]. The molecule has 4 N–H and O–H groups in total. The Morgan fingerprint density at radius 2 is 1.17 bits per heavy atom. The van der Waals surface area contributed by atoms with Gasteiger partial charge in [-0.3, -0.25) is 9.59 Å². The van der Waals surface area contributed by atoms with Gasteiger partial charge in [-0.15, -0.1) is 0 Å². The largest absolute Gasteiger partial charge is 0.693 e. The molecule has 0 bridgehead atoms. The average Bonchev–Trinajstić information content (AvgIpc) is 1.79. The molecule has 0 aromatic heterocycles. The van der Waals surface area contributed by atoms with Crippen molar-refractivity contribution in [2.24, 2.45) is 0 Å². The predicted molar refractivity (Wildman–Crippen MR) is 39.0 cm³/mol. The van der Waals surface area contributed by atoms with E-state index in [0.717, 1.165) is 0 Å². The summed E-state index contributed by atoms with van der Waals surface area (Å²) in [6.45, 7) is 0. The molecule has 0 fully saturated rings. The van der Waals surface area contributed by atoms with Crippen molar-refractivity contribution in [3.8, 4) is 0 Å². The first-order valence-corrected chi connectivity index (χ1v) is 3.06. The summed E-state index contributed by atoms with van der Waals surface area (Å²) in [5.74, 6) is -1.74. The summed E-state index contributed by atoms with van der Waals surface area (Å²) < 4.78 is 0. The quantitative estimate of drug-likeness (QED) is 0.547. The van der Waals surface area contributed by atoms with Crippen LogP contribution < -0.4 is 0 Å². The third-order valence-electron chi connectivity index (χ3n) is 1.03. The van der Waals surface area contributed by atoms with Crippen LogP contribution in [0.2, 0.25) is 0 Å². The minimum absolute atomic E-state index is 0. The molecule has 0 heterocycles. The maximum atomic E-state index is 9.90. The maximum absolute atomic E-state index is 9.90. The fourth-order valence-electron chi connectivity index (χ4n) is 0.552. The molecule has 0 aromatic rings. The molecule has 68 valence electrons. The molecule has 6 heteroatoms. The summed E-state index contributed by atoms with van der Waals surface area (Å²) in [7, 11) is 0. The summed E-state index contributed by atoms with van der Waals surface area (Å²) in [6.07, 6.45) is 1.02. The van der Waals surface area contributed by atoms with Crippen LogP contribution in [0.1, 0.15) is 25.7 Å². The van der Waals surface area contributed by atoms with Gasteiger partial charge in [0.2, 0.25) is 0 Å². The van der Waals surface area contributed by atoms with Gasteiger partial charge in [0, 0.05) is 32.3 Å². The van der Waals surface area contributed by atoms with Gasteiger partial charge in [0.25, 0.3) is 0 Å². The predicted octanol–water partition coefficient (Wildman–Crippen LogP) is 1.43. The number of carboxylic acid groups (broad SMARTS) is 2.